The van der Waals surface area contributed by atoms with Crippen LogP contribution in [0.25, 0.3) is 0 Å². The van der Waals surface area contributed by atoms with Gasteiger partial charge in [0.05, 0.1) is 9.82 Å². The van der Waals surface area contributed by atoms with Gasteiger partial charge in [0.1, 0.15) is 0 Å². The van der Waals surface area contributed by atoms with E-state index >= 15 is 0 Å². The number of carbonyl (C=O) groups excluding carboxylic acids is 1. The fourth-order valence-electron chi connectivity index (χ4n) is 2.35. The Labute approximate surface area is 164 Å². The fourth-order valence-corrected chi connectivity index (χ4v) is 4.23. The molecule has 1 heterocycles. The Bertz CT molecular complexity index is 984. The van der Waals surface area contributed by atoms with Crippen LogP contribution < -0.4 is 5.32 Å². The molecule has 1 aromatic heterocycles. The molecule has 0 bridgehead atoms. The maximum atomic E-state index is 12.4. The number of carbonyl (C=O) groups is 1. The summed E-state index contributed by atoms with van der Waals surface area (Å²) in [5.41, 5.74) is 3.14. The van der Waals surface area contributed by atoms with E-state index in [2.05, 4.69) is 10.3 Å². The van der Waals surface area contributed by atoms with E-state index in [1.54, 1.807) is 12.1 Å². The second kappa shape index (κ2) is 8.32. The molecule has 0 aliphatic heterocycles. The minimum Gasteiger partial charge on any atom is -0.348 e. The second-order valence-corrected chi connectivity index (χ2v) is 8.11. The molecule has 6 nitrogen and oxygen atoms in total. The number of nitrogens with one attached hydrogen (secondary N) is 1. The van der Waals surface area contributed by atoms with Crippen molar-refractivity contribution in [1.82, 2.24) is 10.3 Å². The summed E-state index contributed by atoms with van der Waals surface area (Å²) in [5, 5.41) is 16.1. The van der Waals surface area contributed by atoms with Crippen LogP contribution in [-0.2, 0) is 6.54 Å². The maximum absolute atomic E-state index is 12.4. The van der Waals surface area contributed by atoms with E-state index in [1.807, 2.05) is 43.5 Å². The summed E-state index contributed by atoms with van der Waals surface area (Å²) >= 11 is 2.66. The molecule has 0 spiro atoms. The molecule has 2 aromatic carbocycles. The van der Waals surface area contributed by atoms with Crippen LogP contribution in [0, 0.1) is 24.0 Å². The zero-order valence-electron chi connectivity index (χ0n) is 14.8. The number of nitro benzene ring substituents is 1. The van der Waals surface area contributed by atoms with Gasteiger partial charge in [0.15, 0.2) is 4.34 Å². The van der Waals surface area contributed by atoms with Crippen molar-refractivity contribution in [3.63, 3.8) is 0 Å². The summed E-state index contributed by atoms with van der Waals surface area (Å²) < 4.78 is 0.729. The van der Waals surface area contributed by atoms with Crippen LogP contribution in [0.3, 0.4) is 0 Å². The molecule has 0 atom stereocenters. The van der Waals surface area contributed by atoms with Gasteiger partial charge < -0.3 is 5.32 Å². The van der Waals surface area contributed by atoms with Crippen molar-refractivity contribution in [3.8, 4) is 0 Å². The minimum absolute atomic E-state index is 0.101. The molecule has 0 aliphatic rings. The number of hydrogen-bond donors (Lipinski definition) is 1. The zero-order chi connectivity index (χ0) is 19.4. The number of hydrogen-bond acceptors (Lipinski definition) is 6. The maximum Gasteiger partial charge on any atom is 0.284 e. The third-order valence-electron chi connectivity index (χ3n) is 3.79. The van der Waals surface area contributed by atoms with Gasteiger partial charge >= 0.3 is 0 Å². The molecular formula is C19H17N3O3S2. The highest BCUT2D eigenvalue weighted by Crippen LogP contribution is 2.36. The standard InChI is InChI=1S/C19H17N3O3S2/c1-12-3-5-14(6-4-12)10-20-18(23)15-7-8-17(16(9-15)22(24)25)27-19-21-13(2)11-26-19/h3-9,11H,10H2,1-2H3,(H,20,23). The van der Waals surface area contributed by atoms with Gasteiger partial charge in [0.25, 0.3) is 11.6 Å². The van der Waals surface area contributed by atoms with Crippen molar-refractivity contribution in [1.29, 1.82) is 0 Å². The molecule has 0 saturated heterocycles. The van der Waals surface area contributed by atoms with E-state index in [0.29, 0.717) is 11.4 Å². The van der Waals surface area contributed by atoms with Gasteiger partial charge in [-0.05, 0) is 31.5 Å². The van der Waals surface area contributed by atoms with Crippen molar-refractivity contribution in [2.24, 2.45) is 0 Å². The lowest BCUT2D eigenvalue weighted by Gasteiger charge is -2.07. The first-order valence-electron chi connectivity index (χ1n) is 8.14. The molecule has 0 unspecified atom stereocenters. The van der Waals surface area contributed by atoms with Gasteiger partial charge in [-0.2, -0.15) is 0 Å². The number of benzene rings is 2. The summed E-state index contributed by atoms with van der Waals surface area (Å²) in [6.07, 6.45) is 0. The first-order valence-corrected chi connectivity index (χ1v) is 9.84. The number of rotatable bonds is 6. The highest BCUT2D eigenvalue weighted by Gasteiger charge is 2.19. The summed E-state index contributed by atoms with van der Waals surface area (Å²) in [5.74, 6) is -0.347. The normalized spacial score (nSPS) is 10.6. The molecule has 8 heteroatoms. The van der Waals surface area contributed by atoms with Crippen molar-refractivity contribution >= 4 is 34.7 Å². The summed E-state index contributed by atoms with van der Waals surface area (Å²) in [4.78, 5) is 28.1. The molecule has 0 radical (unpaired) electrons. The molecule has 0 fully saturated rings. The van der Waals surface area contributed by atoms with Crippen LogP contribution in [-0.4, -0.2) is 15.8 Å². The Morgan fingerprint density at radius 1 is 1.22 bits per heavy atom. The van der Waals surface area contributed by atoms with Crippen LogP contribution in [0.2, 0.25) is 0 Å². The predicted molar refractivity (Wildman–Crippen MR) is 106 cm³/mol. The van der Waals surface area contributed by atoms with Gasteiger partial charge in [-0.15, -0.1) is 11.3 Å². The number of aromatic nitrogens is 1. The van der Waals surface area contributed by atoms with Crippen LogP contribution in [0.5, 0.6) is 0 Å². The second-order valence-electron chi connectivity index (χ2n) is 5.96. The van der Waals surface area contributed by atoms with Crippen LogP contribution in [0.15, 0.2) is 57.1 Å². The summed E-state index contributed by atoms with van der Waals surface area (Å²) in [6, 6.07) is 12.3. The van der Waals surface area contributed by atoms with Gasteiger partial charge in [0, 0.05) is 29.2 Å². The van der Waals surface area contributed by atoms with E-state index in [4.69, 9.17) is 0 Å². The van der Waals surface area contributed by atoms with Crippen molar-refractivity contribution in [2.45, 2.75) is 29.6 Å². The first-order chi connectivity index (χ1) is 12.9. The van der Waals surface area contributed by atoms with Crippen molar-refractivity contribution in [3.05, 3.63) is 80.3 Å². The van der Waals surface area contributed by atoms with Gasteiger partial charge in [0.2, 0.25) is 0 Å². The number of amides is 1. The zero-order valence-corrected chi connectivity index (χ0v) is 16.4. The van der Waals surface area contributed by atoms with E-state index in [9.17, 15) is 14.9 Å². The van der Waals surface area contributed by atoms with E-state index in [-0.39, 0.29) is 17.2 Å². The minimum atomic E-state index is -0.473. The monoisotopic (exact) mass is 399 g/mol. The number of nitro groups is 1. The highest BCUT2D eigenvalue weighted by atomic mass is 32.2. The van der Waals surface area contributed by atoms with E-state index < -0.39 is 4.92 Å². The van der Waals surface area contributed by atoms with Crippen LogP contribution >= 0.6 is 23.1 Å². The molecule has 1 N–H and O–H groups in total. The Morgan fingerprint density at radius 2 is 1.96 bits per heavy atom. The lowest BCUT2D eigenvalue weighted by molar-refractivity contribution is -0.387. The van der Waals surface area contributed by atoms with Gasteiger partial charge in [-0.25, -0.2) is 4.98 Å². The number of aryl methyl sites for hydroxylation is 2. The molecule has 3 rings (SSSR count). The predicted octanol–water partition coefficient (Wildman–Crippen LogP) is 4.75. The molecule has 0 saturated carbocycles. The fraction of sp³-hybridized carbons (Fsp3) is 0.158. The number of thiazole rings is 1. The van der Waals surface area contributed by atoms with Gasteiger partial charge in [-0.3, -0.25) is 14.9 Å². The lowest BCUT2D eigenvalue weighted by atomic mass is 10.1. The van der Waals surface area contributed by atoms with Gasteiger partial charge in [-0.1, -0.05) is 41.6 Å². The van der Waals surface area contributed by atoms with Crippen LogP contribution in [0.4, 0.5) is 5.69 Å². The average molecular weight is 399 g/mol. The Kier molecular flexibility index (Phi) is 5.88. The summed E-state index contributed by atoms with van der Waals surface area (Å²) in [6.45, 7) is 4.23. The largest absolute Gasteiger partial charge is 0.348 e. The van der Waals surface area contributed by atoms with E-state index in [0.717, 1.165) is 21.2 Å². The Balaban J connectivity index is 1.75. The Morgan fingerprint density at radius 3 is 2.59 bits per heavy atom. The molecule has 0 aliphatic carbocycles. The average Bonchev–Trinajstić information content (AvgIpc) is 3.06. The molecular weight excluding hydrogens is 382 g/mol. The van der Waals surface area contributed by atoms with Crippen LogP contribution in [0.1, 0.15) is 27.2 Å². The lowest BCUT2D eigenvalue weighted by Crippen LogP contribution is -2.22. The number of nitrogens with zero attached hydrogens (tertiary/aromatic N) is 2. The quantitative estimate of drug-likeness (QED) is 0.478. The summed E-state index contributed by atoms with van der Waals surface area (Å²) in [7, 11) is 0. The third kappa shape index (κ3) is 4.93. The highest BCUT2D eigenvalue weighted by molar-refractivity contribution is 8.01. The molecule has 3 aromatic rings. The van der Waals surface area contributed by atoms with Crippen molar-refractivity contribution in [2.75, 3.05) is 0 Å². The smallest absolute Gasteiger partial charge is 0.284 e. The molecule has 1 amide bonds. The molecule has 27 heavy (non-hydrogen) atoms. The Hall–Kier alpha value is -2.71. The SMILES string of the molecule is Cc1ccc(CNC(=O)c2ccc(Sc3nc(C)cs3)c([N+](=O)[O-])c2)cc1. The first kappa shape index (κ1) is 19.1. The molecule has 138 valence electrons. The van der Waals surface area contributed by atoms with Crippen molar-refractivity contribution < 1.29 is 9.72 Å². The van der Waals surface area contributed by atoms with E-state index in [1.165, 1.54) is 29.2 Å². The third-order valence-corrected chi connectivity index (χ3v) is 5.91. The topological polar surface area (TPSA) is 85.1 Å².